The number of likely N-dealkylation sites (tertiary alicyclic amines) is 1. The summed E-state index contributed by atoms with van der Waals surface area (Å²) in [6, 6.07) is 5.18. The molecule has 0 bridgehead atoms. The Labute approximate surface area is 127 Å². The lowest BCUT2D eigenvalue weighted by Crippen LogP contribution is -2.34. The van der Waals surface area contributed by atoms with E-state index in [1.165, 1.54) is 45.3 Å². The molecule has 1 unspecified atom stereocenters. The molecule has 1 aliphatic carbocycles. The molecule has 1 N–H and O–H groups in total. The SMILES string of the molecule is CC(NCCC1CCN(C)CC1)[C@@H]1C[C@H]1c1cccs1. The Morgan fingerprint density at radius 3 is 2.90 bits per heavy atom. The molecular formula is C17H28N2S. The van der Waals surface area contributed by atoms with Crippen LogP contribution >= 0.6 is 11.3 Å². The van der Waals surface area contributed by atoms with Crippen molar-refractivity contribution < 1.29 is 0 Å². The molecule has 2 aliphatic rings. The zero-order chi connectivity index (χ0) is 13.9. The summed E-state index contributed by atoms with van der Waals surface area (Å²) >= 11 is 1.93. The highest BCUT2D eigenvalue weighted by atomic mass is 32.1. The topological polar surface area (TPSA) is 15.3 Å². The average molecular weight is 292 g/mol. The first-order valence-corrected chi connectivity index (χ1v) is 9.07. The predicted molar refractivity (Wildman–Crippen MR) is 87.5 cm³/mol. The molecule has 1 saturated heterocycles. The normalized spacial score (nSPS) is 29.5. The smallest absolute Gasteiger partial charge is 0.00796 e. The first-order valence-electron chi connectivity index (χ1n) is 8.19. The van der Waals surface area contributed by atoms with Crippen LogP contribution in [0.1, 0.15) is 43.4 Å². The van der Waals surface area contributed by atoms with E-state index >= 15 is 0 Å². The van der Waals surface area contributed by atoms with Gasteiger partial charge >= 0.3 is 0 Å². The second-order valence-electron chi connectivity index (χ2n) is 6.80. The van der Waals surface area contributed by atoms with Crippen LogP contribution in [-0.2, 0) is 0 Å². The Morgan fingerprint density at radius 2 is 2.20 bits per heavy atom. The Kier molecular flexibility index (Phi) is 4.79. The van der Waals surface area contributed by atoms with Gasteiger partial charge in [-0.3, -0.25) is 0 Å². The number of hydrogen-bond donors (Lipinski definition) is 1. The number of piperidine rings is 1. The quantitative estimate of drug-likeness (QED) is 0.862. The fourth-order valence-corrected chi connectivity index (χ4v) is 4.53. The first kappa shape index (κ1) is 14.6. The van der Waals surface area contributed by atoms with Gasteiger partial charge in [-0.15, -0.1) is 11.3 Å². The molecule has 3 rings (SSSR count). The van der Waals surface area contributed by atoms with Gasteiger partial charge in [-0.1, -0.05) is 6.07 Å². The van der Waals surface area contributed by atoms with Crippen molar-refractivity contribution in [2.24, 2.45) is 11.8 Å². The van der Waals surface area contributed by atoms with Gasteiger partial charge in [0.1, 0.15) is 0 Å². The van der Waals surface area contributed by atoms with Gasteiger partial charge < -0.3 is 10.2 Å². The molecule has 1 aromatic heterocycles. The van der Waals surface area contributed by atoms with Crippen LogP contribution in [0, 0.1) is 11.8 Å². The molecule has 112 valence electrons. The maximum atomic E-state index is 3.79. The summed E-state index contributed by atoms with van der Waals surface area (Å²) in [6.45, 7) is 6.18. The lowest BCUT2D eigenvalue weighted by molar-refractivity contribution is 0.210. The summed E-state index contributed by atoms with van der Waals surface area (Å²) in [5.74, 6) is 2.69. The summed E-state index contributed by atoms with van der Waals surface area (Å²) in [5, 5.41) is 6.00. The largest absolute Gasteiger partial charge is 0.314 e. The van der Waals surface area contributed by atoms with Gasteiger partial charge in [-0.05, 0) is 88.5 Å². The monoisotopic (exact) mass is 292 g/mol. The molecule has 1 saturated carbocycles. The van der Waals surface area contributed by atoms with Crippen molar-refractivity contribution >= 4 is 11.3 Å². The maximum absolute atomic E-state index is 3.79. The van der Waals surface area contributed by atoms with Crippen molar-refractivity contribution in [3.05, 3.63) is 22.4 Å². The Hall–Kier alpha value is -0.380. The van der Waals surface area contributed by atoms with Crippen molar-refractivity contribution in [3.63, 3.8) is 0 Å². The zero-order valence-corrected chi connectivity index (χ0v) is 13.7. The summed E-state index contributed by atoms with van der Waals surface area (Å²) in [4.78, 5) is 4.06. The van der Waals surface area contributed by atoms with Gasteiger partial charge in [0, 0.05) is 10.9 Å². The molecule has 3 atom stereocenters. The minimum Gasteiger partial charge on any atom is -0.314 e. The minimum absolute atomic E-state index is 0.688. The van der Waals surface area contributed by atoms with Crippen LogP contribution in [0.3, 0.4) is 0 Å². The second kappa shape index (κ2) is 6.59. The second-order valence-corrected chi connectivity index (χ2v) is 7.78. The van der Waals surface area contributed by atoms with E-state index in [-0.39, 0.29) is 0 Å². The van der Waals surface area contributed by atoms with E-state index in [1.807, 2.05) is 11.3 Å². The van der Waals surface area contributed by atoms with Gasteiger partial charge in [0.05, 0.1) is 0 Å². The molecule has 2 nitrogen and oxygen atoms in total. The van der Waals surface area contributed by atoms with Crippen LogP contribution in [0.2, 0.25) is 0 Å². The van der Waals surface area contributed by atoms with Crippen molar-refractivity contribution in [2.45, 2.75) is 44.6 Å². The summed E-state index contributed by atoms with van der Waals surface area (Å²) in [7, 11) is 2.24. The number of nitrogens with one attached hydrogen (secondary N) is 1. The molecule has 0 aromatic carbocycles. The third kappa shape index (κ3) is 3.63. The van der Waals surface area contributed by atoms with Crippen LogP contribution in [0.5, 0.6) is 0 Å². The Morgan fingerprint density at radius 1 is 1.40 bits per heavy atom. The molecule has 2 heterocycles. The molecule has 0 amide bonds. The fourth-order valence-electron chi connectivity index (χ4n) is 3.61. The number of rotatable bonds is 6. The van der Waals surface area contributed by atoms with E-state index in [0.29, 0.717) is 6.04 Å². The molecule has 3 heteroatoms. The zero-order valence-electron chi connectivity index (χ0n) is 12.8. The third-order valence-corrected chi connectivity index (χ3v) is 6.25. The van der Waals surface area contributed by atoms with E-state index in [2.05, 4.69) is 41.7 Å². The minimum atomic E-state index is 0.688. The van der Waals surface area contributed by atoms with E-state index in [1.54, 1.807) is 4.88 Å². The molecule has 0 spiro atoms. The Balaban J connectivity index is 1.33. The fraction of sp³-hybridized carbons (Fsp3) is 0.765. The van der Waals surface area contributed by atoms with Gasteiger partial charge in [-0.25, -0.2) is 0 Å². The predicted octanol–water partition coefficient (Wildman–Crippen LogP) is 3.56. The lowest BCUT2D eigenvalue weighted by atomic mass is 9.94. The highest BCUT2D eigenvalue weighted by molar-refractivity contribution is 7.10. The lowest BCUT2D eigenvalue weighted by Gasteiger charge is -2.29. The number of nitrogens with zero attached hydrogens (tertiary/aromatic N) is 1. The van der Waals surface area contributed by atoms with E-state index in [4.69, 9.17) is 0 Å². The number of thiophene rings is 1. The van der Waals surface area contributed by atoms with Crippen LogP contribution in [0.25, 0.3) is 0 Å². The van der Waals surface area contributed by atoms with Crippen molar-refractivity contribution in [1.82, 2.24) is 10.2 Å². The van der Waals surface area contributed by atoms with Crippen LogP contribution < -0.4 is 5.32 Å². The molecular weight excluding hydrogens is 264 g/mol. The number of hydrogen-bond acceptors (Lipinski definition) is 3. The molecule has 1 aromatic rings. The molecule has 0 radical (unpaired) electrons. The summed E-state index contributed by atoms with van der Waals surface area (Å²) in [5.41, 5.74) is 0. The van der Waals surface area contributed by atoms with Crippen molar-refractivity contribution in [3.8, 4) is 0 Å². The first-order chi connectivity index (χ1) is 9.74. The highest BCUT2D eigenvalue weighted by Gasteiger charge is 2.42. The van der Waals surface area contributed by atoms with Crippen LogP contribution in [-0.4, -0.2) is 37.6 Å². The molecule has 2 fully saturated rings. The van der Waals surface area contributed by atoms with Gasteiger partial charge in [0.2, 0.25) is 0 Å². The maximum Gasteiger partial charge on any atom is 0.00796 e. The van der Waals surface area contributed by atoms with Crippen molar-refractivity contribution in [1.29, 1.82) is 0 Å². The molecule has 20 heavy (non-hydrogen) atoms. The third-order valence-electron chi connectivity index (χ3n) is 5.25. The summed E-state index contributed by atoms with van der Waals surface area (Å²) < 4.78 is 0. The molecule has 1 aliphatic heterocycles. The van der Waals surface area contributed by atoms with Crippen molar-refractivity contribution in [2.75, 3.05) is 26.7 Å². The van der Waals surface area contributed by atoms with Crippen LogP contribution in [0.15, 0.2) is 17.5 Å². The highest BCUT2D eigenvalue weighted by Crippen LogP contribution is 2.50. The standard InChI is InChI=1S/C17H28N2S/c1-13(15-12-16(15)17-4-3-11-20-17)18-8-5-14-6-9-19(2)10-7-14/h3-4,11,13-16,18H,5-10,12H2,1-2H3/t13?,15-,16+/m0/s1. The van der Waals surface area contributed by atoms with Gasteiger partial charge in [-0.2, -0.15) is 0 Å². The average Bonchev–Trinajstić information content (AvgIpc) is 3.07. The van der Waals surface area contributed by atoms with E-state index < -0.39 is 0 Å². The van der Waals surface area contributed by atoms with E-state index in [9.17, 15) is 0 Å². The van der Waals surface area contributed by atoms with Gasteiger partial charge in [0.15, 0.2) is 0 Å². The van der Waals surface area contributed by atoms with Crippen LogP contribution in [0.4, 0.5) is 0 Å². The Bertz CT molecular complexity index is 395. The summed E-state index contributed by atoms with van der Waals surface area (Å²) in [6.07, 6.45) is 5.55. The van der Waals surface area contributed by atoms with E-state index in [0.717, 1.165) is 17.8 Å². The van der Waals surface area contributed by atoms with Gasteiger partial charge in [0.25, 0.3) is 0 Å².